The Kier molecular flexibility index (Phi) is 10.7. The maximum absolute atomic E-state index is 10.5. The molecule has 0 saturated carbocycles. The highest BCUT2D eigenvalue weighted by Gasteiger charge is 2.03. The number of ketones is 1. The van der Waals surface area contributed by atoms with Gasteiger partial charge < -0.3 is 0 Å². The largest absolute Gasteiger partial charge is 0.300 e. The predicted molar refractivity (Wildman–Crippen MR) is 46.1 cm³/mol. The van der Waals surface area contributed by atoms with Gasteiger partial charge in [0.25, 0.3) is 0 Å². The first-order valence-corrected chi connectivity index (χ1v) is 4.19. The Morgan fingerprint density at radius 2 is 1.80 bits per heavy atom. The third kappa shape index (κ3) is 7.67. The van der Waals surface area contributed by atoms with Gasteiger partial charge in [0.15, 0.2) is 0 Å². The van der Waals surface area contributed by atoms with Crippen LogP contribution in [0.3, 0.4) is 0 Å². The number of hydrogen-bond acceptors (Lipinski definition) is 1. The fraction of sp³-hybridized carbons (Fsp3) is 0.889. The molecule has 0 aliphatic heterocycles. The second-order valence-corrected chi connectivity index (χ2v) is 2.30. The van der Waals surface area contributed by atoms with Gasteiger partial charge in [-0.3, -0.25) is 4.79 Å². The van der Waals surface area contributed by atoms with Crippen LogP contribution in [0.4, 0.5) is 0 Å². The molecule has 0 saturated heterocycles. The van der Waals surface area contributed by atoms with E-state index in [1.54, 1.807) is 6.92 Å². The molecule has 1 atom stereocenters. The Balaban J connectivity index is 0. The lowest BCUT2D eigenvalue weighted by Gasteiger charge is -2.01. The summed E-state index contributed by atoms with van der Waals surface area (Å²) in [5.74, 6) is 0.590. The van der Waals surface area contributed by atoms with Crippen LogP contribution in [-0.4, -0.2) is 5.78 Å². The molecular formula is C9H20O. The molecule has 0 amide bonds. The fourth-order valence-electron chi connectivity index (χ4n) is 0.636. The zero-order valence-electron chi connectivity index (χ0n) is 7.90. The highest BCUT2D eigenvalue weighted by Crippen LogP contribution is 2.04. The molecule has 10 heavy (non-hydrogen) atoms. The summed E-state index contributed by atoms with van der Waals surface area (Å²) in [5, 5.41) is 0. The lowest BCUT2D eigenvalue weighted by Crippen LogP contribution is -2.04. The standard InChI is InChI=1S/C7H14O.C2H6/c1-4-5-6(2)7(3)8;1-2/h6H,4-5H2,1-3H3;1-2H3. The molecule has 0 aliphatic rings. The van der Waals surface area contributed by atoms with Gasteiger partial charge in [0.2, 0.25) is 0 Å². The summed E-state index contributed by atoms with van der Waals surface area (Å²) < 4.78 is 0. The minimum Gasteiger partial charge on any atom is -0.300 e. The van der Waals surface area contributed by atoms with Gasteiger partial charge >= 0.3 is 0 Å². The Morgan fingerprint density at radius 3 is 1.90 bits per heavy atom. The summed E-state index contributed by atoms with van der Waals surface area (Å²) >= 11 is 0. The van der Waals surface area contributed by atoms with Gasteiger partial charge in [0, 0.05) is 5.92 Å². The first-order chi connectivity index (χ1) is 4.68. The van der Waals surface area contributed by atoms with Crippen LogP contribution < -0.4 is 0 Å². The number of carbonyl (C=O) groups excluding carboxylic acids is 1. The van der Waals surface area contributed by atoms with Crippen LogP contribution in [-0.2, 0) is 4.79 Å². The lowest BCUT2D eigenvalue weighted by molar-refractivity contribution is -0.120. The molecule has 1 unspecified atom stereocenters. The van der Waals surface area contributed by atoms with Gasteiger partial charge in [-0.15, -0.1) is 0 Å². The molecule has 1 nitrogen and oxygen atoms in total. The van der Waals surface area contributed by atoms with Gasteiger partial charge in [-0.2, -0.15) is 0 Å². The summed E-state index contributed by atoms with van der Waals surface area (Å²) in [6, 6.07) is 0. The van der Waals surface area contributed by atoms with Crippen molar-refractivity contribution < 1.29 is 4.79 Å². The third-order valence-electron chi connectivity index (χ3n) is 1.42. The van der Waals surface area contributed by atoms with Crippen molar-refractivity contribution in [2.45, 2.75) is 47.5 Å². The van der Waals surface area contributed by atoms with Crippen LogP contribution in [0.25, 0.3) is 0 Å². The van der Waals surface area contributed by atoms with Crippen molar-refractivity contribution in [1.82, 2.24) is 0 Å². The smallest absolute Gasteiger partial charge is 0.132 e. The zero-order chi connectivity index (χ0) is 8.57. The number of carbonyl (C=O) groups is 1. The van der Waals surface area contributed by atoms with E-state index in [0.29, 0.717) is 5.78 Å². The Bertz CT molecular complexity index is 76.8. The van der Waals surface area contributed by atoms with Crippen LogP contribution in [0.5, 0.6) is 0 Å². The summed E-state index contributed by atoms with van der Waals surface area (Å²) in [6.45, 7) is 9.73. The first-order valence-electron chi connectivity index (χ1n) is 4.19. The Labute approximate surface area is 64.8 Å². The maximum atomic E-state index is 10.5. The molecule has 0 spiro atoms. The molecule has 1 heteroatoms. The van der Waals surface area contributed by atoms with Crippen LogP contribution in [0, 0.1) is 5.92 Å². The van der Waals surface area contributed by atoms with E-state index < -0.39 is 0 Å². The van der Waals surface area contributed by atoms with Crippen molar-refractivity contribution >= 4 is 5.78 Å². The van der Waals surface area contributed by atoms with E-state index in [2.05, 4.69) is 6.92 Å². The summed E-state index contributed by atoms with van der Waals surface area (Å²) in [6.07, 6.45) is 2.15. The van der Waals surface area contributed by atoms with E-state index in [4.69, 9.17) is 0 Å². The van der Waals surface area contributed by atoms with Crippen molar-refractivity contribution in [2.24, 2.45) is 5.92 Å². The van der Waals surface area contributed by atoms with E-state index in [0.717, 1.165) is 12.8 Å². The molecule has 0 aliphatic carbocycles. The van der Waals surface area contributed by atoms with Crippen molar-refractivity contribution in [2.75, 3.05) is 0 Å². The molecule has 0 radical (unpaired) electrons. The summed E-state index contributed by atoms with van der Waals surface area (Å²) in [4.78, 5) is 10.5. The summed E-state index contributed by atoms with van der Waals surface area (Å²) in [5.41, 5.74) is 0. The number of Topliss-reactive ketones (excluding diaryl/α,β-unsaturated/α-hetero) is 1. The van der Waals surface area contributed by atoms with E-state index in [9.17, 15) is 4.79 Å². The zero-order valence-corrected chi connectivity index (χ0v) is 7.90. The molecule has 0 aromatic carbocycles. The highest BCUT2D eigenvalue weighted by molar-refractivity contribution is 5.77. The third-order valence-corrected chi connectivity index (χ3v) is 1.42. The average molecular weight is 144 g/mol. The van der Waals surface area contributed by atoms with Crippen molar-refractivity contribution in [3.05, 3.63) is 0 Å². The molecule has 0 aromatic rings. The quantitative estimate of drug-likeness (QED) is 0.595. The predicted octanol–water partition coefficient (Wildman–Crippen LogP) is 3.04. The van der Waals surface area contributed by atoms with Gasteiger partial charge in [-0.25, -0.2) is 0 Å². The van der Waals surface area contributed by atoms with Crippen molar-refractivity contribution in [1.29, 1.82) is 0 Å². The number of hydrogen-bond donors (Lipinski definition) is 0. The molecule has 62 valence electrons. The summed E-state index contributed by atoms with van der Waals surface area (Å²) in [7, 11) is 0. The highest BCUT2D eigenvalue weighted by atomic mass is 16.1. The van der Waals surface area contributed by atoms with Crippen molar-refractivity contribution in [3.8, 4) is 0 Å². The normalized spacial score (nSPS) is 11.3. The Morgan fingerprint density at radius 1 is 1.40 bits per heavy atom. The Hall–Kier alpha value is -0.330. The SMILES string of the molecule is CC.CCCC(C)C(C)=O. The second-order valence-electron chi connectivity index (χ2n) is 2.30. The topological polar surface area (TPSA) is 17.1 Å². The second kappa shape index (κ2) is 8.67. The molecule has 0 N–H and O–H groups in total. The first kappa shape index (κ1) is 12.4. The fourth-order valence-corrected chi connectivity index (χ4v) is 0.636. The van der Waals surface area contributed by atoms with Gasteiger partial charge in [0.1, 0.15) is 5.78 Å². The average Bonchev–Trinajstić information content (AvgIpc) is 1.93. The van der Waals surface area contributed by atoms with Gasteiger partial charge in [-0.1, -0.05) is 34.1 Å². The van der Waals surface area contributed by atoms with Gasteiger partial charge in [-0.05, 0) is 13.3 Å². The van der Waals surface area contributed by atoms with Crippen LogP contribution in [0.1, 0.15) is 47.5 Å². The van der Waals surface area contributed by atoms with E-state index in [1.165, 1.54) is 0 Å². The van der Waals surface area contributed by atoms with E-state index in [1.807, 2.05) is 20.8 Å². The molecule has 0 rings (SSSR count). The maximum Gasteiger partial charge on any atom is 0.132 e. The molecule has 0 bridgehead atoms. The van der Waals surface area contributed by atoms with Crippen LogP contribution >= 0.6 is 0 Å². The lowest BCUT2D eigenvalue weighted by atomic mass is 10.0. The van der Waals surface area contributed by atoms with E-state index in [-0.39, 0.29) is 5.92 Å². The molecule has 0 heterocycles. The monoisotopic (exact) mass is 144 g/mol. The van der Waals surface area contributed by atoms with Crippen LogP contribution in [0.15, 0.2) is 0 Å². The molecule has 0 aromatic heterocycles. The van der Waals surface area contributed by atoms with Gasteiger partial charge in [0.05, 0.1) is 0 Å². The molecule has 0 fully saturated rings. The molecular weight excluding hydrogens is 124 g/mol. The van der Waals surface area contributed by atoms with E-state index >= 15 is 0 Å². The van der Waals surface area contributed by atoms with Crippen molar-refractivity contribution in [3.63, 3.8) is 0 Å². The minimum atomic E-state index is 0.278. The minimum absolute atomic E-state index is 0.278. The number of rotatable bonds is 3. The van der Waals surface area contributed by atoms with Crippen LogP contribution in [0.2, 0.25) is 0 Å².